The molecule has 2 aromatic rings. The highest BCUT2D eigenvalue weighted by Crippen LogP contribution is 2.39. The monoisotopic (exact) mass is 525 g/mol. The second-order valence-electron chi connectivity index (χ2n) is 9.99. The Kier molecular flexibility index (Phi) is 8.48. The van der Waals surface area contributed by atoms with Gasteiger partial charge in [-0.05, 0) is 67.2 Å². The Labute approximate surface area is 220 Å². The van der Waals surface area contributed by atoms with E-state index in [0.29, 0.717) is 23.3 Å². The van der Waals surface area contributed by atoms with Gasteiger partial charge in [0.05, 0.1) is 6.42 Å². The topological polar surface area (TPSA) is 142 Å². The molecule has 1 heterocycles. The van der Waals surface area contributed by atoms with Crippen LogP contribution in [0.2, 0.25) is 5.02 Å². The number of nitrogens with two attached hydrogens (primary N) is 1. The van der Waals surface area contributed by atoms with E-state index in [1.807, 2.05) is 30.3 Å². The minimum absolute atomic E-state index is 0.00231. The molecule has 8 nitrogen and oxygen atoms in total. The van der Waals surface area contributed by atoms with Gasteiger partial charge >= 0.3 is 5.97 Å². The summed E-state index contributed by atoms with van der Waals surface area (Å²) in [6, 6.07) is 8.18. The molecule has 1 aromatic carbocycles. The first kappa shape index (κ1) is 26.7. The van der Waals surface area contributed by atoms with Gasteiger partial charge in [-0.15, -0.1) is 0 Å². The number of hydrogen-bond donors (Lipinski definition) is 4. The lowest BCUT2D eigenvalue weighted by molar-refractivity contribution is -0.143. The van der Waals surface area contributed by atoms with Crippen LogP contribution < -0.4 is 16.6 Å². The van der Waals surface area contributed by atoms with Gasteiger partial charge in [-0.2, -0.15) is 0 Å². The zero-order valence-electron chi connectivity index (χ0n) is 20.6. The number of amides is 2. The van der Waals surface area contributed by atoms with Crippen molar-refractivity contribution in [1.82, 2.24) is 10.3 Å². The highest BCUT2D eigenvalue weighted by Gasteiger charge is 2.27. The number of carboxylic acids is 1. The van der Waals surface area contributed by atoms with E-state index in [1.165, 1.54) is 12.8 Å². The van der Waals surface area contributed by atoms with Crippen LogP contribution in [-0.4, -0.2) is 33.9 Å². The number of rotatable bonds is 11. The number of hydrogen-bond acceptors (Lipinski definition) is 4. The highest BCUT2D eigenvalue weighted by molar-refractivity contribution is 6.31. The van der Waals surface area contributed by atoms with Crippen molar-refractivity contribution in [1.29, 1.82) is 0 Å². The fourth-order valence-corrected chi connectivity index (χ4v) is 5.17. The van der Waals surface area contributed by atoms with Crippen LogP contribution in [0.5, 0.6) is 0 Å². The van der Waals surface area contributed by atoms with E-state index in [-0.39, 0.29) is 12.0 Å². The number of aromatic amines is 1. The second-order valence-corrected chi connectivity index (χ2v) is 10.4. The zero-order chi connectivity index (χ0) is 26.5. The Bertz CT molecular complexity index is 1270. The molecule has 0 unspecified atom stereocenters. The van der Waals surface area contributed by atoms with E-state index in [4.69, 9.17) is 17.3 Å². The molecule has 2 aliphatic rings. The average molecular weight is 526 g/mol. The number of pyridine rings is 1. The fraction of sp³-hybridized carbons (Fsp3) is 0.429. The number of allylic oxidation sites excluding steroid dienone is 1. The van der Waals surface area contributed by atoms with Gasteiger partial charge in [0.25, 0.3) is 5.56 Å². The minimum Gasteiger partial charge on any atom is -0.480 e. The van der Waals surface area contributed by atoms with Gasteiger partial charge in [-0.3, -0.25) is 14.4 Å². The summed E-state index contributed by atoms with van der Waals surface area (Å²) in [5, 5.41) is 12.0. The molecule has 5 N–H and O–H groups in total. The van der Waals surface area contributed by atoms with Crippen LogP contribution in [0.3, 0.4) is 0 Å². The summed E-state index contributed by atoms with van der Waals surface area (Å²) in [6.07, 6.45) is 8.78. The molecule has 0 bridgehead atoms. The van der Waals surface area contributed by atoms with Crippen LogP contribution >= 0.6 is 11.6 Å². The van der Waals surface area contributed by atoms with Gasteiger partial charge in [0.15, 0.2) is 0 Å². The predicted molar refractivity (Wildman–Crippen MR) is 141 cm³/mol. The zero-order valence-corrected chi connectivity index (χ0v) is 21.4. The maximum absolute atomic E-state index is 12.7. The number of carboxylic acid groups (broad SMARTS) is 1. The van der Waals surface area contributed by atoms with Crippen LogP contribution in [0.1, 0.15) is 79.7 Å². The van der Waals surface area contributed by atoms with E-state index >= 15 is 0 Å². The highest BCUT2D eigenvalue weighted by atomic mass is 35.5. The van der Waals surface area contributed by atoms with E-state index in [9.17, 15) is 24.3 Å². The molecule has 0 spiro atoms. The number of carbonyl (C=O) groups excluding carboxylic acids is 2. The number of nitrogens with one attached hydrogen (secondary N) is 2. The summed E-state index contributed by atoms with van der Waals surface area (Å²) in [5.41, 5.74) is 9.18. The van der Waals surface area contributed by atoms with Crippen molar-refractivity contribution in [2.75, 3.05) is 0 Å². The summed E-state index contributed by atoms with van der Waals surface area (Å²) in [7, 11) is 0. The van der Waals surface area contributed by atoms with Gasteiger partial charge in [-0.1, -0.05) is 48.7 Å². The van der Waals surface area contributed by atoms with Gasteiger partial charge in [0.1, 0.15) is 6.04 Å². The second kappa shape index (κ2) is 11.8. The van der Waals surface area contributed by atoms with Crippen molar-refractivity contribution in [3.63, 3.8) is 0 Å². The van der Waals surface area contributed by atoms with Crippen molar-refractivity contribution in [3.05, 3.63) is 74.2 Å². The molecule has 2 fully saturated rings. The third-order valence-electron chi connectivity index (χ3n) is 7.07. The Morgan fingerprint density at radius 3 is 2.46 bits per heavy atom. The molecular weight excluding hydrogens is 494 g/mol. The number of aliphatic carboxylic acids is 1. The van der Waals surface area contributed by atoms with Crippen LogP contribution in [0.4, 0.5) is 0 Å². The van der Waals surface area contributed by atoms with Crippen molar-refractivity contribution < 1.29 is 19.5 Å². The van der Waals surface area contributed by atoms with Crippen molar-refractivity contribution in [2.45, 2.75) is 69.7 Å². The number of benzene rings is 1. The molecule has 9 heteroatoms. The van der Waals surface area contributed by atoms with Crippen molar-refractivity contribution >= 4 is 35.0 Å². The van der Waals surface area contributed by atoms with Crippen LogP contribution in [0.15, 0.2) is 41.2 Å². The molecule has 1 aromatic heterocycles. The first-order valence-electron chi connectivity index (χ1n) is 12.8. The molecule has 196 valence electrons. The van der Waals surface area contributed by atoms with E-state index < -0.39 is 30.2 Å². The molecular formula is C28H32ClN3O5. The number of H-pyrrole nitrogens is 1. The summed E-state index contributed by atoms with van der Waals surface area (Å²) in [5.74, 6) is -1.83. The maximum Gasteiger partial charge on any atom is 0.326 e. The molecule has 2 saturated carbocycles. The number of halogens is 1. The van der Waals surface area contributed by atoms with E-state index in [0.717, 1.165) is 53.6 Å². The smallest absolute Gasteiger partial charge is 0.326 e. The third-order valence-corrected chi connectivity index (χ3v) is 7.43. The van der Waals surface area contributed by atoms with Gasteiger partial charge < -0.3 is 21.1 Å². The Morgan fingerprint density at radius 1 is 1.14 bits per heavy atom. The molecule has 0 radical (unpaired) electrons. The number of aromatic nitrogens is 1. The number of carbonyl (C=O) groups is 3. The van der Waals surface area contributed by atoms with Crippen molar-refractivity contribution in [2.24, 2.45) is 11.7 Å². The predicted octanol–water partition coefficient (Wildman–Crippen LogP) is 3.91. The molecule has 2 aliphatic carbocycles. The normalized spacial score (nSPS) is 16.9. The average Bonchev–Trinajstić information content (AvgIpc) is 3.55. The summed E-state index contributed by atoms with van der Waals surface area (Å²) in [6.45, 7) is 0. The first-order chi connectivity index (χ1) is 17.7. The largest absolute Gasteiger partial charge is 0.480 e. The van der Waals surface area contributed by atoms with Crippen LogP contribution in [0, 0.1) is 5.92 Å². The molecule has 4 rings (SSSR count). The van der Waals surface area contributed by atoms with E-state index in [1.54, 1.807) is 0 Å². The van der Waals surface area contributed by atoms with E-state index in [2.05, 4.69) is 16.4 Å². The summed E-state index contributed by atoms with van der Waals surface area (Å²) < 4.78 is 0. The Balaban J connectivity index is 1.51. The lowest BCUT2D eigenvalue weighted by atomic mass is 9.94. The molecule has 2 amide bonds. The van der Waals surface area contributed by atoms with Gasteiger partial charge in [0, 0.05) is 28.3 Å². The Morgan fingerprint density at radius 2 is 1.86 bits per heavy atom. The lowest BCUT2D eigenvalue weighted by Crippen LogP contribution is -2.43. The van der Waals surface area contributed by atoms with Crippen molar-refractivity contribution in [3.8, 4) is 0 Å². The maximum atomic E-state index is 12.7. The number of aryl methyl sites for hydroxylation is 1. The first-order valence-corrected chi connectivity index (χ1v) is 13.1. The number of primary amides is 1. The minimum atomic E-state index is -1.36. The SMILES string of the molecule is NC(=O)C[C@H](NC(=O)CCc1ccc(/C(=C\C2CCCC2)c2ccc(C3CC3)c(=O)[nH]2)cc1Cl)C(=O)O. The third kappa shape index (κ3) is 7.10. The standard InChI is InChI=1S/C28H32ClN3O5/c29-22-14-19(8-7-18(22)9-12-26(34)31-24(28(36)37)15-25(30)33)21(13-16-3-1-2-4-16)23-11-10-20(17-5-6-17)27(35)32-23/h7-8,10-11,13-14,16-17,24H,1-6,9,12,15H2,(H2,30,33)(H,31,34)(H,32,35)(H,36,37)/b21-13+/t24-/m0/s1. The molecule has 0 aliphatic heterocycles. The summed E-state index contributed by atoms with van der Waals surface area (Å²) in [4.78, 5) is 50.4. The fourth-order valence-electron chi connectivity index (χ4n) is 4.89. The molecule has 0 saturated heterocycles. The lowest BCUT2D eigenvalue weighted by Gasteiger charge is -2.15. The Hall–Kier alpha value is -3.39. The van der Waals surface area contributed by atoms with Crippen LogP contribution in [0.25, 0.3) is 5.57 Å². The van der Waals surface area contributed by atoms with Gasteiger partial charge in [-0.25, -0.2) is 4.79 Å². The molecule has 1 atom stereocenters. The quantitative estimate of drug-likeness (QED) is 0.352. The van der Waals surface area contributed by atoms with Gasteiger partial charge in [0.2, 0.25) is 11.8 Å². The molecule has 37 heavy (non-hydrogen) atoms. The summed E-state index contributed by atoms with van der Waals surface area (Å²) >= 11 is 6.61. The van der Waals surface area contributed by atoms with Crippen LogP contribution in [-0.2, 0) is 20.8 Å².